The molecule has 0 radical (unpaired) electrons. The van der Waals surface area contributed by atoms with E-state index in [0.717, 1.165) is 11.3 Å². The quantitative estimate of drug-likeness (QED) is 0.832. The lowest BCUT2D eigenvalue weighted by Gasteiger charge is -2.11. The van der Waals surface area contributed by atoms with E-state index in [2.05, 4.69) is 16.6 Å². The number of halogens is 1. The molecule has 5 heteroatoms. The van der Waals surface area contributed by atoms with E-state index in [-0.39, 0.29) is 12.5 Å². The van der Waals surface area contributed by atoms with Gasteiger partial charge in [0.05, 0.1) is 19.3 Å². The molecule has 22 heavy (non-hydrogen) atoms. The Bertz CT molecular complexity index is 723. The number of ether oxygens (including phenoxy) is 1. The number of anilines is 2. The Hall–Kier alpha value is -2.64. The highest BCUT2D eigenvalue weighted by Crippen LogP contribution is 2.27. The predicted molar refractivity (Wildman–Crippen MR) is 89.5 cm³/mol. The zero-order chi connectivity index (χ0) is 15.9. The fourth-order valence-electron chi connectivity index (χ4n) is 1.87. The van der Waals surface area contributed by atoms with Gasteiger partial charge >= 0.3 is 0 Å². The van der Waals surface area contributed by atoms with Gasteiger partial charge in [0, 0.05) is 16.3 Å². The summed E-state index contributed by atoms with van der Waals surface area (Å²) in [5, 5.41) is 6.28. The van der Waals surface area contributed by atoms with Gasteiger partial charge in [0.25, 0.3) is 0 Å². The summed E-state index contributed by atoms with van der Waals surface area (Å²) in [4.78, 5) is 12.0. The van der Waals surface area contributed by atoms with Crippen LogP contribution in [0.4, 0.5) is 11.4 Å². The van der Waals surface area contributed by atoms with Crippen molar-refractivity contribution in [2.24, 2.45) is 0 Å². The lowest BCUT2D eigenvalue weighted by Crippen LogP contribution is -2.22. The van der Waals surface area contributed by atoms with Crippen LogP contribution in [0.1, 0.15) is 5.56 Å². The van der Waals surface area contributed by atoms with Gasteiger partial charge in [0.2, 0.25) is 5.91 Å². The van der Waals surface area contributed by atoms with Crippen molar-refractivity contribution in [3.8, 4) is 18.1 Å². The van der Waals surface area contributed by atoms with Gasteiger partial charge in [-0.15, -0.1) is 6.42 Å². The van der Waals surface area contributed by atoms with Crippen LogP contribution in [0.25, 0.3) is 0 Å². The standard InChI is InChI=1S/C17H15ClN2O2/c1-3-12-5-4-6-14(9-12)19-11-17(21)20-15-10-13(18)7-8-16(15)22-2/h1,4-10,19H,11H2,2H3,(H,20,21). The largest absolute Gasteiger partial charge is 0.495 e. The molecule has 0 saturated heterocycles. The van der Waals surface area contributed by atoms with Crippen molar-refractivity contribution in [3.05, 3.63) is 53.1 Å². The summed E-state index contributed by atoms with van der Waals surface area (Å²) < 4.78 is 5.18. The Morgan fingerprint density at radius 2 is 2.14 bits per heavy atom. The fourth-order valence-corrected chi connectivity index (χ4v) is 2.05. The minimum Gasteiger partial charge on any atom is -0.495 e. The van der Waals surface area contributed by atoms with Crippen molar-refractivity contribution >= 4 is 28.9 Å². The average Bonchev–Trinajstić information content (AvgIpc) is 2.53. The van der Waals surface area contributed by atoms with Crippen molar-refractivity contribution in [3.63, 3.8) is 0 Å². The van der Waals surface area contributed by atoms with Gasteiger partial charge in [-0.25, -0.2) is 0 Å². The monoisotopic (exact) mass is 314 g/mol. The van der Waals surface area contributed by atoms with Gasteiger partial charge in [0.1, 0.15) is 5.75 Å². The van der Waals surface area contributed by atoms with Crippen molar-refractivity contribution < 1.29 is 9.53 Å². The van der Waals surface area contributed by atoms with E-state index in [9.17, 15) is 4.79 Å². The summed E-state index contributed by atoms with van der Waals surface area (Å²) in [5.41, 5.74) is 2.06. The molecule has 1 amide bonds. The molecule has 0 aliphatic rings. The molecule has 4 nitrogen and oxygen atoms in total. The first-order chi connectivity index (χ1) is 10.6. The highest BCUT2D eigenvalue weighted by Gasteiger charge is 2.08. The number of terminal acetylenes is 1. The lowest BCUT2D eigenvalue weighted by atomic mass is 10.2. The summed E-state index contributed by atoms with van der Waals surface area (Å²) in [6, 6.07) is 12.3. The van der Waals surface area contributed by atoms with Crippen molar-refractivity contribution in [1.29, 1.82) is 0 Å². The van der Waals surface area contributed by atoms with Gasteiger partial charge in [-0.2, -0.15) is 0 Å². The number of carbonyl (C=O) groups excluding carboxylic acids is 1. The Kier molecular flexibility index (Phi) is 5.29. The molecule has 2 N–H and O–H groups in total. The number of rotatable bonds is 5. The van der Waals surface area contributed by atoms with Crippen LogP contribution in [0, 0.1) is 12.3 Å². The molecule has 112 valence electrons. The van der Waals surface area contributed by atoms with E-state index in [4.69, 9.17) is 22.8 Å². The minimum atomic E-state index is -0.216. The summed E-state index contributed by atoms with van der Waals surface area (Å²) in [6.45, 7) is 0.101. The molecule has 0 bridgehead atoms. The fraction of sp³-hybridized carbons (Fsp3) is 0.118. The summed E-state index contributed by atoms with van der Waals surface area (Å²) in [7, 11) is 1.53. The Labute approximate surface area is 134 Å². The molecule has 0 atom stereocenters. The number of nitrogens with one attached hydrogen (secondary N) is 2. The molecule has 0 aromatic heterocycles. The summed E-state index contributed by atoms with van der Waals surface area (Å²) >= 11 is 5.92. The van der Waals surface area contributed by atoms with E-state index in [0.29, 0.717) is 16.5 Å². The smallest absolute Gasteiger partial charge is 0.243 e. The van der Waals surface area contributed by atoms with Crippen LogP contribution in [0.15, 0.2) is 42.5 Å². The zero-order valence-corrected chi connectivity index (χ0v) is 12.8. The number of hydrogen-bond donors (Lipinski definition) is 2. The lowest BCUT2D eigenvalue weighted by molar-refractivity contribution is -0.114. The van der Waals surface area contributed by atoms with Crippen LogP contribution < -0.4 is 15.4 Å². The molecule has 0 heterocycles. The molecule has 0 spiro atoms. The van der Waals surface area contributed by atoms with Crippen LogP contribution >= 0.6 is 11.6 Å². The van der Waals surface area contributed by atoms with Crippen LogP contribution in [-0.4, -0.2) is 19.6 Å². The van der Waals surface area contributed by atoms with E-state index in [1.165, 1.54) is 7.11 Å². The molecule has 2 aromatic carbocycles. The van der Waals surface area contributed by atoms with E-state index in [1.807, 2.05) is 18.2 Å². The van der Waals surface area contributed by atoms with Gasteiger partial charge in [-0.1, -0.05) is 23.6 Å². The normalized spacial score (nSPS) is 9.68. The van der Waals surface area contributed by atoms with Gasteiger partial charge in [-0.05, 0) is 36.4 Å². The first kappa shape index (κ1) is 15.7. The molecule has 0 fully saturated rings. The predicted octanol–water partition coefficient (Wildman–Crippen LogP) is 3.38. The van der Waals surface area contributed by atoms with Crippen LogP contribution in [0.5, 0.6) is 5.75 Å². The van der Waals surface area contributed by atoms with Crippen molar-refractivity contribution in [1.82, 2.24) is 0 Å². The Morgan fingerprint density at radius 1 is 1.32 bits per heavy atom. The topological polar surface area (TPSA) is 50.4 Å². The number of carbonyl (C=O) groups is 1. The number of amides is 1. The third-order valence-corrected chi connectivity index (χ3v) is 3.15. The molecule has 0 unspecified atom stereocenters. The first-order valence-electron chi connectivity index (χ1n) is 6.56. The Balaban J connectivity index is 1.99. The number of hydrogen-bond acceptors (Lipinski definition) is 3. The van der Waals surface area contributed by atoms with E-state index in [1.54, 1.807) is 24.3 Å². The van der Waals surface area contributed by atoms with Gasteiger partial charge in [-0.3, -0.25) is 4.79 Å². The molecule has 0 saturated carbocycles. The van der Waals surface area contributed by atoms with Crippen LogP contribution in [-0.2, 0) is 4.79 Å². The second-order valence-corrected chi connectivity index (χ2v) is 4.91. The first-order valence-corrected chi connectivity index (χ1v) is 6.94. The van der Waals surface area contributed by atoms with Crippen molar-refractivity contribution in [2.45, 2.75) is 0 Å². The number of methoxy groups -OCH3 is 1. The second-order valence-electron chi connectivity index (χ2n) is 4.47. The molecule has 2 rings (SSSR count). The summed E-state index contributed by atoms with van der Waals surface area (Å²) in [5.74, 6) is 2.88. The third kappa shape index (κ3) is 4.18. The molecular weight excluding hydrogens is 300 g/mol. The van der Waals surface area contributed by atoms with E-state index >= 15 is 0 Å². The molecular formula is C17H15ClN2O2. The maximum Gasteiger partial charge on any atom is 0.243 e. The van der Waals surface area contributed by atoms with Crippen LogP contribution in [0.2, 0.25) is 5.02 Å². The van der Waals surface area contributed by atoms with E-state index < -0.39 is 0 Å². The summed E-state index contributed by atoms with van der Waals surface area (Å²) in [6.07, 6.45) is 5.34. The Morgan fingerprint density at radius 3 is 2.86 bits per heavy atom. The van der Waals surface area contributed by atoms with Crippen LogP contribution in [0.3, 0.4) is 0 Å². The van der Waals surface area contributed by atoms with Gasteiger partial charge in [0.15, 0.2) is 0 Å². The SMILES string of the molecule is C#Cc1cccc(NCC(=O)Nc2cc(Cl)ccc2OC)c1. The highest BCUT2D eigenvalue weighted by atomic mass is 35.5. The van der Waals surface area contributed by atoms with Crippen molar-refractivity contribution in [2.75, 3.05) is 24.3 Å². The maximum absolute atomic E-state index is 12.0. The molecule has 0 aliphatic heterocycles. The maximum atomic E-state index is 12.0. The molecule has 0 aliphatic carbocycles. The third-order valence-electron chi connectivity index (χ3n) is 2.92. The second kappa shape index (κ2) is 7.39. The molecule has 2 aromatic rings. The number of benzene rings is 2. The van der Waals surface area contributed by atoms with Gasteiger partial charge < -0.3 is 15.4 Å². The zero-order valence-electron chi connectivity index (χ0n) is 12.0. The minimum absolute atomic E-state index is 0.101. The highest BCUT2D eigenvalue weighted by molar-refractivity contribution is 6.31. The average molecular weight is 315 g/mol.